The first-order valence-electron chi connectivity index (χ1n) is 9.14. The lowest BCUT2D eigenvalue weighted by Crippen LogP contribution is -2.20. The summed E-state index contributed by atoms with van der Waals surface area (Å²) >= 11 is 6.07. The Morgan fingerprint density at radius 1 is 1.28 bits per heavy atom. The number of halogens is 4. The van der Waals surface area contributed by atoms with Gasteiger partial charge in [0.1, 0.15) is 6.54 Å². The predicted molar refractivity (Wildman–Crippen MR) is 104 cm³/mol. The van der Waals surface area contributed by atoms with E-state index in [2.05, 4.69) is 15.4 Å². The summed E-state index contributed by atoms with van der Waals surface area (Å²) in [6.07, 6.45) is -2.89. The number of carbonyl (C=O) groups excluding carboxylic acids is 1. The number of benzene rings is 1. The molecule has 0 bridgehead atoms. The van der Waals surface area contributed by atoms with Crippen LogP contribution in [0.25, 0.3) is 11.0 Å². The van der Waals surface area contributed by atoms with Gasteiger partial charge >= 0.3 is 6.18 Å². The number of hydrogen-bond donors (Lipinski definition) is 1. The SMILES string of the molecule is Cc1ccc(NC(=O)Cn2nc(C)c3c(C(F)(F)F)cc(C4CC4)nc32)cc1Cl. The minimum atomic E-state index is -4.52. The number of aromatic nitrogens is 3. The van der Waals surface area contributed by atoms with Crippen LogP contribution in [-0.2, 0) is 17.5 Å². The highest BCUT2D eigenvalue weighted by molar-refractivity contribution is 6.31. The van der Waals surface area contributed by atoms with E-state index < -0.39 is 17.6 Å². The van der Waals surface area contributed by atoms with Crippen molar-refractivity contribution >= 4 is 34.2 Å². The molecule has 2 aromatic heterocycles. The van der Waals surface area contributed by atoms with Gasteiger partial charge in [-0.2, -0.15) is 18.3 Å². The normalized spacial score (nSPS) is 14.4. The Morgan fingerprint density at radius 3 is 2.62 bits per heavy atom. The number of amides is 1. The fourth-order valence-corrected chi connectivity index (χ4v) is 3.48. The van der Waals surface area contributed by atoms with Gasteiger partial charge in [-0.15, -0.1) is 0 Å². The van der Waals surface area contributed by atoms with Crippen molar-refractivity contribution in [3.05, 3.63) is 51.8 Å². The van der Waals surface area contributed by atoms with Crippen molar-refractivity contribution in [2.24, 2.45) is 0 Å². The molecule has 1 aromatic carbocycles. The third-order valence-corrected chi connectivity index (χ3v) is 5.35. The number of nitrogens with one attached hydrogen (secondary N) is 1. The second-order valence-electron chi connectivity index (χ2n) is 7.32. The van der Waals surface area contributed by atoms with E-state index in [-0.39, 0.29) is 29.2 Å². The number of fused-ring (bicyclic) bond motifs is 1. The van der Waals surface area contributed by atoms with Gasteiger partial charge in [0.05, 0.1) is 16.6 Å². The minimum Gasteiger partial charge on any atom is -0.324 e. The summed E-state index contributed by atoms with van der Waals surface area (Å²) in [6, 6.07) is 6.21. The lowest BCUT2D eigenvalue weighted by Gasteiger charge is -2.11. The number of alkyl halides is 3. The number of hydrogen-bond acceptors (Lipinski definition) is 3. The number of anilines is 1. The Morgan fingerprint density at radius 2 is 2.00 bits per heavy atom. The van der Waals surface area contributed by atoms with Gasteiger partial charge in [0, 0.05) is 22.3 Å². The Kier molecular flexibility index (Phi) is 4.77. The van der Waals surface area contributed by atoms with Crippen LogP contribution in [0.15, 0.2) is 24.3 Å². The van der Waals surface area contributed by atoms with Crippen LogP contribution in [0.5, 0.6) is 0 Å². The molecule has 1 fully saturated rings. The molecule has 9 heteroatoms. The van der Waals surface area contributed by atoms with E-state index in [1.807, 2.05) is 6.92 Å². The molecule has 1 amide bonds. The molecule has 2 heterocycles. The zero-order valence-corrected chi connectivity index (χ0v) is 16.5. The van der Waals surface area contributed by atoms with Gasteiger partial charge in [-0.05, 0) is 50.5 Å². The van der Waals surface area contributed by atoms with Gasteiger partial charge in [-0.1, -0.05) is 17.7 Å². The van der Waals surface area contributed by atoms with Crippen LogP contribution in [0.2, 0.25) is 5.02 Å². The first-order valence-corrected chi connectivity index (χ1v) is 9.52. The molecule has 1 aliphatic carbocycles. The van der Waals surface area contributed by atoms with E-state index >= 15 is 0 Å². The molecule has 0 spiro atoms. The molecule has 0 radical (unpaired) electrons. The standard InChI is InChI=1S/C20H18ClF3N4O/c1-10-3-6-13(7-15(10)21)25-17(29)9-28-19-18(11(2)27-28)14(20(22,23)24)8-16(26-19)12-4-5-12/h3,6-8,12H,4-5,9H2,1-2H3,(H,25,29). The molecule has 1 N–H and O–H groups in total. The molecule has 0 unspecified atom stereocenters. The van der Waals surface area contributed by atoms with E-state index in [1.54, 1.807) is 18.2 Å². The summed E-state index contributed by atoms with van der Waals surface area (Å²) in [7, 11) is 0. The first kappa shape index (κ1) is 19.7. The summed E-state index contributed by atoms with van der Waals surface area (Å²) in [4.78, 5) is 16.9. The average molecular weight is 423 g/mol. The molecule has 4 rings (SSSR count). The number of carbonyl (C=O) groups is 1. The highest BCUT2D eigenvalue weighted by Gasteiger charge is 2.37. The molecule has 1 saturated carbocycles. The minimum absolute atomic E-state index is 0.0349. The summed E-state index contributed by atoms with van der Waals surface area (Å²) in [5, 5.41) is 7.30. The van der Waals surface area contributed by atoms with Crippen molar-refractivity contribution in [1.82, 2.24) is 14.8 Å². The van der Waals surface area contributed by atoms with Crippen molar-refractivity contribution in [1.29, 1.82) is 0 Å². The summed E-state index contributed by atoms with van der Waals surface area (Å²) < 4.78 is 42.1. The summed E-state index contributed by atoms with van der Waals surface area (Å²) in [6.45, 7) is 3.08. The lowest BCUT2D eigenvalue weighted by molar-refractivity contribution is -0.136. The Hall–Kier alpha value is -2.61. The number of nitrogens with zero attached hydrogens (tertiary/aromatic N) is 3. The number of aryl methyl sites for hydroxylation is 2. The van der Waals surface area contributed by atoms with Gasteiger partial charge in [-0.3, -0.25) is 4.79 Å². The molecular formula is C20H18ClF3N4O. The molecule has 29 heavy (non-hydrogen) atoms. The summed E-state index contributed by atoms with van der Waals surface area (Å²) in [5.74, 6) is -0.394. The van der Waals surface area contributed by atoms with E-state index in [9.17, 15) is 18.0 Å². The van der Waals surface area contributed by atoms with Crippen molar-refractivity contribution in [2.75, 3.05) is 5.32 Å². The van der Waals surface area contributed by atoms with E-state index in [1.165, 1.54) is 11.6 Å². The maximum atomic E-state index is 13.6. The lowest BCUT2D eigenvalue weighted by atomic mass is 10.1. The highest BCUT2D eigenvalue weighted by Crippen LogP contribution is 2.43. The predicted octanol–water partition coefficient (Wildman–Crippen LogP) is 5.24. The summed E-state index contributed by atoms with van der Waals surface area (Å²) in [5.41, 5.74) is 1.29. The number of rotatable bonds is 4. The largest absolute Gasteiger partial charge is 0.417 e. The van der Waals surface area contributed by atoms with E-state index in [0.717, 1.165) is 24.5 Å². The smallest absolute Gasteiger partial charge is 0.324 e. The van der Waals surface area contributed by atoms with Crippen LogP contribution in [0.4, 0.5) is 18.9 Å². The van der Waals surface area contributed by atoms with Crippen LogP contribution in [-0.4, -0.2) is 20.7 Å². The molecule has 0 saturated heterocycles. The monoisotopic (exact) mass is 422 g/mol. The van der Waals surface area contributed by atoms with Gasteiger partial charge in [0.15, 0.2) is 5.65 Å². The van der Waals surface area contributed by atoms with Crippen LogP contribution >= 0.6 is 11.6 Å². The quantitative estimate of drug-likeness (QED) is 0.625. The van der Waals surface area contributed by atoms with Gasteiger partial charge in [0.2, 0.25) is 5.91 Å². The van der Waals surface area contributed by atoms with Crippen LogP contribution in [0.3, 0.4) is 0 Å². The van der Waals surface area contributed by atoms with E-state index in [4.69, 9.17) is 11.6 Å². The second-order valence-corrected chi connectivity index (χ2v) is 7.73. The molecule has 0 aliphatic heterocycles. The maximum Gasteiger partial charge on any atom is 0.417 e. The van der Waals surface area contributed by atoms with Crippen molar-refractivity contribution < 1.29 is 18.0 Å². The van der Waals surface area contributed by atoms with Crippen molar-refractivity contribution in [3.63, 3.8) is 0 Å². The third kappa shape index (κ3) is 3.94. The zero-order valence-electron chi connectivity index (χ0n) is 15.8. The third-order valence-electron chi connectivity index (χ3n) is 4.95. The topological polar surface area (TPSA) is 59.8 Å². The van der Waals surface area contributed by atoms with Gasteiger partial charge in [-0.25, -0.2) is 9.67 Å². The molecule has 152 valence electrons. The molecule has 5 nitrogen and oxygen atoms in total. The molecule has 0 atom stereocenters. The Balaban J connectivity index is 1.69. The first-order chi connectivity index (χ1) is 13.6. The molecule has 3 aromatic rings. The molecule has 1 aliphatic rings. The second kappa shape index (κ2) is 7.02. The molecular weight excluding hydrogens is 405 g/mol. The fraction of sp³-hybridized carbons (Fsp3) is 0.350. The van der Waals surface area contributed by atoms with E-state index in [0.29, 0.717) is 16.4 Å². The van der Waals surface area contributed by atoms with Crippen LogP contribution in [0.1, 0.15) is 41.3 Å². The highest BCUT2D eigenvalue weighted by atomic mass is 35.5. The maximum absolute atomic E-state index is 13.6. The van der Waals surface area contributed by atoms with Crippen molar-refractivity contribution in [2.45, 2.75) is 45.3 Å². The van der Waals surface area contributed by atoms with Crippen LogP contribution < -0.4 is 5.32 Å². The number of pyridine rings is 1. The zero-order chi connectivity index (χ0) is 20.9. The van der Waals surface area contributed by atoms with Gasteiger partial charge in [0.25, 0.3) is 0 Å². The fourth-order valence-electron chi connectivity index (χ4n) is 3.30. The van der Waals surface area contributed by atoms with Crippen LogP contribution in [0, 0.1) is 13.8 Å². The van der Waals surface area contributed by atoms with Crippen molar-refractivity contribution in [3.8, 4) is 0 Å². The van der Waals surface area contributed by atoms with Gasteiger partial charge < -0.3 is 5.32 Å². The Labute approximate surface area is 169 Å². The average Bonchev–Trinajstić information content (AvgIpc) is 3.43. The Bertz CT molecular complexity index is 1120.